The Kier molecular flexibility index (Phi) is 4.31. The molecule has 0 radical (unpaired) electrons. The zero-order valence-electron chi connectivity index (χ0n) is 11.8. The molecule has 4 nitrogen and oxygen atoms in total. The van der Waals surface area contributed by atoms with E-state index >= 15 is 0 Å². The number of carbonyl (C=O) groups excluding carboxylic acids is 1. The van der Waals surface area contributed by atoms with Crippen LogP contribution in [0.25, 0.3) is 0 Å². The minimum atomic E-state index is 0.183. The first kappa shape index (κ1) is 14.6. The summed E-state index contributed by atoms with van der Waals surface area (Å²) in [7, 11) is 0. The Morgan fingerprint density at radius 2 is 2.48 bits per heavy atom. The highest BCUT2D eigenvalue weighted by Crippen LogP contribution is 2.35. The van der Waals surface area contributed by atoms with Gasteiger partial charge in [0.2, 0.25) is 11.1 Å². The lowest BCUT2D eigenvalue weighted by atomic mass is 10.1. The fourth-order valence-electron chi connectivity index (χ4n) is 2.86. The average Bonchev–Trinajstić information content (AvgIpc) is 3.18. The molecule has 2 aromatic rings. The Labute approximate surface area is 132 Å². The van der Waals surface area contributed by atoms with Crippen LogP contribution in [0.4, 0.5) is 0 Å². The van der Waals surface area contributed by atoms with Gasteiger partial charge in [-0.3, -0.25) is 4.79 Å². The van der Waals surface area contributed by atoms with Crippen LogP contribution in [0, 0.1) is 6.92 Å². The Hall–Kier alpha value is -1.33. The summed E-state index contributed by atoms with van der Waals surface area (Å²) < 4.78 is 4.93. The Morgan fingerprint density at radius 1 is 1.62 bits per heavy atom. The first-order valence-electron chi connectivity index (χ1n) is 7.10. The van der Waals surface area contributed by atoms with Gasteiger partial charge in [-0.25, -0.2) is 0 Å². The predicted molar refractivity (Wildman–Crippen MR) is 82.6 cm³/mol. The topological polar surface area (TPSA) is 46.3 Å². The zero-order chi connectivity index (χ0) is 14.8. The molecule has 1 aliphatic rings. The molecular formula is C15H17ClN2O2S. The number of rotatable bonds is 4. The van der Waals surface area contributed by atoms with Crippen molar-refractivity contribution in [1.29, 1.82) is 0 Å². The van der Waals surface area contributed by atoms with Gasteiger partial charge in [0, 0.05) is 23.4 Å². The molecule has 3 rings (SSSR count). The molecule has 1 amide bonds. The fraction of sp³-hybridized carbons (Fsp3) is 0.467. The minimum Gasteiger partial charge on any atom is -0.344 e. The maximum Gasteiger partial charge on any atom is 0.229 e. The van der Waals surface area contributed by atoms with E-state index < -0.39 is 0 Å². The fourth-order valence-corrected chi connectivity index (χ4v) is 4.00. The number of carbonyl (C=O) groups is 1. The number of aryl methyl sites for hydroxylation is 1. The molecule has 0 saturated carbocycles. The van der Waals surface area contributed by atoms with Crippen LogP contribution in [0.15, 0.2) is 22.0 Å². The van der Waals surface area contributed by atoms with E-state index in [1.807, 2.05) is 17.9 Å². The van der Waals surface area contributed by atoms with Gasteiger partial charge in [-0.2, -0.15) is 0 Å². The number of likely N-dealkylation sites (tertiary alicyclic amines) is 1. The molecule has 112 valence electrons. The summed E-state index contributed by atoms with van der Waals surface area (Å²) in [5.74, 6) is 0.183. The number of nitrogens with zero attached hydrogens (tertiary/aromatic N) is 2. The van der Waals surface area contributed by atoms with E-state index in [9.17, 15) is 4.79 Å². The van der Waals surface area contributed by atoms with Crippen molar-refractivity contribution in [3.63, 3.8) is 0 Å². The van der Waals surface area contributed by atoms with Crippen molar-refractivity contribution in [2.75, 3.05) is 6.54 Å². The quantitative estimate of drug-likeness (QED) is 0.854. The summed E-state index contributed by atoms with van der Waals surface area (Å²) in [6.07, 6.45) is 3.16. The minimum absolute atomic E-state index is 0.183. The van der Waals surface area contributed by atoms with E-state index in [0.29, 0.717) is 18.1 Å². The van der Waals surface area contributed by atoms with Gasteiger partial charge in [-0.1, -0.05) is 11.2 Å². The summed E-state index contributed by atoms with van der Waals surface area (Å²) in [6.45, 7) is 2.69. The van der Waals surface area contributed by atoms with Gasteiger partial charge in [-0.05, 0) is 49.2 Å². The lowest BCUT2D eigenvalue weighted by molar-refractivity contribution is -0.132. The molecule has 0 unspecified atom stereocenters. The lowest BCUT2D eigenvalue weighted by Gasteiger charge is -2.24. The number of aromatic nitrogens is 1. The Morgan fingerprint density at radius 3 is 3.14 bits per heavy atom. The Balaban J connectivity index is 1.65. The first-order chi connectivity index (χ1) is 10.2. The molecule has 1 aliphatic heterocycles. The van der Waals surface area contributed by atoms with Crippen LogP contribution in [0.5, 0.6) is 0 Å². The molecule has 1 fully saturated rings. The van der Waals surface area contributed by atoms with E-state index in [0.717, 1.165) is 30.6 Å². The SMILES string of the molecule is Cc1noc(Cl)c1CCC(=O)N1CCC[C@@H]1c1cccs1. The van der Waals surface area contributed by atoms with Crippen LogP contribution >= 0.6 is 22.9 Å². The summed E-state index contributed by atoms with van der Waals surface area (Å²) in [5.41, 5.74) is 1.61. The van der Waals surface area contributed by atoms with Crippen molar-refractivity contribution >= 4 is 28.8 Å². The molecule has 0 aliphatic carbocycles. The van der Waals surface area contributed by atoms with Crippen molar-refractivity contribution in [3.05, 3.63) is 38.9 Å². The van der Waals surface area contributed by atoms with Gasteiger partial charge in [-0.15, -0.1) is 11.3 Å². The van der Waals surface area contributed by atoms with Crippen molar-refractivity contribution < 1.29 is 9.32 Å². The molecule has 0 bridgehead atoms. The van der Waals surface area contributed by atoms with Crippen LogP contribution in [0.2, 0.25) is 5.22 Å². The summed E-state index contributed by atoms with van der Waals surface area (Å²) in [5, 5.41) is 6.19. The van der Waals surface area contributed by atoms with Crippen molar-refractivity contribution in [2.45, 2.75) is 38.6 Å². The summed E-state index contributed by atoms with van der Waals surface area (Å²) in [4.78, 5) is 15.8. The van der Waals surface area contributed by atoms with Gasteiger partial charge in [0.1, 0.15) is 0 Å². The second-order valence-electron chi connectivity index (χ2n) is 5.28. The van der Waals surface area contributed by atoms with Gasteiger partial charge in [0.15, 0.2) is 0 Å². The molecule has 6 heteroatoms. The molecule has 21 heavy (non-hydrogen) atoms. The van der Waals surface area contributed by atoms with Gasteiger partial charge < -0.3 is 9.42 Å². The van der Waals surface area contributed by atoms with Crippen LogP contribution in [-0.4, -0.2) is 22.5 Å². The smallest absolute Gasteiger partial charge is 0.229 e. The highest BCUT2D eigenvalue weighted by atomic mass is 35.5. The van der Waals surface area contributed by atoms with Crippen molar-refractivity contribution in [3.8, 4) is 0 Å². The van der Waals surface area contributed by atoms with Gasteiger partial charge in [0.05, 0.1) is 11.7 Å². The van der Waals surface area contributed by atoms with Crippen molar-refractivity contribution in [1.82, 2.24) is 10.1 Å². The van der Waals surface area contributed by atoms with Gasteiger partial charge in [0.25, 0.3) is 0 Å². The number of amides is 1. The zero-order valence-corrected chi connectivity index (χ0v) is 13.4. The third kappa shape index (κ3) is 2.99. The third-order valence-corrected chi connectivity index (χ3v) is 5.24. The maximum absolute atomic E-state index is 12.5. The molecular weight excluding hydrogens is 308 g/mol. The molecule has 0 N–H and O–H groups in total. The van der Waals surface area contributed by atoms with E-state index in [1.165, 1.54) is 4.88 Å². The Bertz CT molecular complexity index is 604. The second-order valence-corrected chi connectivity index (χ2v) is 6.60. The highest BCUT2D eigenvalue weighted by molar-refractivity contribution is 7.10. The molecule has 2 aromatic heterocycles. The number of hydrogen-bond donors (Lipinski definition) is 0. The number of halogens is 1. The largest absolute Gasteiger partial charge is 0.344 e. The van der Waals surface area contributed by atoms with E-state index in [4.69, 9.17) is 16.1 Å². The highest BCUT2D eigenvalue weighted by Gasteiger charge is 2.30. The summed E-state index contributed by atoms with van der Waals surface area (Å²) in [6, 6.07) is 4.40. The van der Waals surface area contributed by atoms with Crippen LogP contribution in [0.1, 0.15) is 41.4 Å². The molecule has 1 saturated heterocycles. The molecule has 1 atom stereocenters. The van der Waals surface area contributed by atoms with Crippen LogP contribution in [-0.2, 0) is 11.2 Å². The van der Waals surface area contributed by atoms with Gasteiger partial charge >= 0.3 is 0 Å². The predicted octanol–water partition coefficient (Wildman–Crippen LogP) is 3.99. The second kappa shape index (κ2) is 6.20. The monoisotopic (exact) mass is 324 g/mol. The molecule has 0 aromatic carbocycles. The molecule has 0 spiro atoms. The first-order valence-corrected chi connectivity index (χ1v) is 8.36. The van der Waals surface area contributed by atoms with E-state index in [2.05, 4.69) is 16.6 Å². The normalized spacial score (nSPS) is 18.4. The molecule has 3 heterocycles. The van der Waals surface area contributed by atoms with Crippen molar-refractivity contribution in [2.24, 2.45) is 0 Å². The van der Waals surface area contributed by atoms with Crippen LogP contribution < -0.4 is 0 Å². The van der Waals surface area contributed by atoms with E-state index in [-0.39, 0.29) is 11.9 Å². The number of thiophene rings is 1. The standard InChI is InChI=1S/C15H17ClN2O2S/c1-10-11(15(16)20-17-10)6-7-14(19)18-8-2-4-12(18)13-5-3-9-21-13/h3,5,9,12H,2,4,6-8H2,1H3/t12-/m1/s1. The number of hydrogen-bond acceptors (Lipinski definition) is 4. The average molecular weight is 325 g/mol. The summed E-state index contributed by atoms with van der Waals surface area (Å²) >= 11 is 7.67. The third-order valence-electron chi connectivity index (χ3n) is 3.97. The lowest BCUT2D eigenvalue weighted by Crippen LogP contribution is -2.30. The maximum atomic E-state index is 12.5. The van der Waals surface area contributed by atoms with E-state index in [1.54, 1.807) is 11.3 Å². The van der Waals surface area contributed by atoms with Crippen LogP contribution in [0.3, 0.4) is 0 Å².